The lowest BCUT2D eigenvalue weighted by Gasteiger charge is -2.23. The van der Waals surface area contributed by atoms with E-state index in [4.69, 9.17) is 0 Å². The van der Waals surface area contributed by atoms with Crippen molar-refractivity contribution < 1.29 is 0 Å². The van der Waals surface area contributed by atoms with Crippen molar-refractivity contribution in [1.82, 2.24) is 5.32 Å². The summed E-state index contributed by atoms with van der Waals surface area (Å²) < 4.78 is 0. The molecule has 9 heavy (non-hydrogen) atoms. The first-order chi connectivity index (χ1) is 4.12. The van der Waals surface area contributed by atoms with Gasteiger partial charge in [-0.15, -0.1) is 8.58 Å². The number of rotatable bonds is 4. The quantitative estimate of drug-likeness (QED) is 0.600. The van der Waals surface area contributed by atoms with Crippen molar-refractivity contribution in [2.24, 2.45) is 0 Å². The molecule has 0 radical (unpaired) electrons. The van der Waals surface area contributed by atoms with E-state index in [1.165, 1.54) is 12.7 Å². The number of hydrogen-bond donors (Lipinski definition) is 1. The van der Waals surface area contributed by atoms with Crippen molar-refractivity contribution in [1.29, 1.82) is 0 Å². The Bertz CT molecular complexity index is 71.3. The van der Waals surface area contributed by atoms with E-state index in [1.54, 1.807) is 0 Å². The summed E-state index contributed by atoms with van der Waals surface area (Å²) in [6.07, 6.45) is 2.37. The standard InChI is InChI=1S/C7H18NP/c1-5-7(2,3)8-6-9-4/h8-9H,5-6H2,1-4H3. The van der Waals surface area contributed by atoms with Gasteiger partial charge in [-0.25, -0.2) is 0 Å². The van der Waals surface area contributed by atoms with Gasteiger partial charge in [-0.3, -0.25) is 0 Å². The second kappa shape index (κ2) is 4.24. The van der Waals surface area contributed by atoms with Crippen LogP contribution in [-0.2, 0) is 0 Å². The Labute approximate surface area is 60.4 Å². The van der Waals surface area contributed by atoms with Gasteiger partial charge >= 0.3 is 0 Å². The number of nitrogens with one attached hydrogen (secondary N) is 1. The highest BCUT2D eigenvalue weighted by molar-refractivity contribution is 7.36. The van der Waals surface area contributed by atoms with Crippen molar-refractivity contribution in [2.75, 3.05) is 13.0 Å². The molecule has 0 aliphatic carbocycles. The lowest BCUT2D eigenvalue weighted by atomic mass is 10.0. The van der Waals surface area contributed by atoms with Gasteiger partial charge in [-0.2, -0.15) is 0 Å². The van der Waals surface area contributed by atoms with Crippen molar-refractivity contribution in [2.45, 2.75) is 32.7 Å². The van der Waals surface area contributed by atoms with Crippen LogP contribution in [0.2, 0.25) is 0 Å². The van der Waals surface area contributed by atoms with Gasteiger partial charge in [0.1, 0.15) is 0 Å². The molecule has 0 saturated carbocycles. The molecule has 1 unspecified atom stereocenters. The molecule has 0 aromatic carbocycles. The van der Waals surface area contributed by atoms with Crippen LogP contribution in [-0.4, -0.2) is 18.5 Å². The van der Waals surface area contributed by atoms with Crippen molar-refractivity contribution in [3.63, 3.8) is 0 Å². The molecule has 0 rings (SSSR count). The van der Waals surface area contributed by atoms with Crippen LogP contribution in [0.3, 0.4) is 0 Å². The zero-order valence-corrected chi connectivity index (χ0v) is 7.91. The zero-order valence-electron chi connectivity index (χ0n) is 6.91. The van der Waals surface area contributed by atoms with Crippen molar-refractivity contribution in [3.8, 4) is 0 Å². The lowest BCUT2D eigenvalue weighted by Crippen LogP contribution is -2.37. The minimum absolute atomic E-state index is 0.350. The lowest BCUT2D eigenvalue weighted by molar-refractivity contribution is 0.404. The SMILES string of the molecule is CCC(C)(C)NCPC. The Morgan fingerprint density at radius 3 is 2.33 bits per heavy atom. The van der Waals surface area contributed by atoms with Crippen LogP contribution < -0.4 is 5.32 Å². The summed E-state index contributed by atoms with van der Waals surface area (Å²) in [6.45, 7) is 8.92. The highest BCUT2D eigenvalue weighted by Gasteiger charge is 2.11. The fourth-order valence-electron chi connectivity index (χ4n) is 0.453. The molecule has 0 aliphatic rings. The largest absolute Gasteiger partial charge is 0.308 e. The van der Waals surface area contributed by atoms with Crippen LogP contribution in [0.25, 0.3) is 0 Å². The topological polar surface area (TPSA) is 12.0 Å². The molecule has 1 nitrogen and oxygen atoms in total. The maximum atomic E-state index is 3.47. The van der Waals surface area contributed by atoms with E-state index in [9.17, 15) is 0 Å². The summed E-state index contributed by atoms with van der Waals surface area (Å²) in [5, 5.41) is 3.47. The van der Waals surface area contributed by atoms with Crippen LogP contribution in [0.5, 0.6) is 0 Å². The minimum atomic E-state index is 0.350. The smallest absolute Gasteiger partial charge is 0.0129 e. The van der Waals surface area contributed by atoms with E-state index in [-0.39, 0.29) is 0 Å². The predicted molar refractivity (Wildman–Crippen MR) is 46.6 cm³/mol. The van der Waals surface area contributed by atoms with Gasteiger partial charge in [0.25, 0.3) is 0 Å². The summed E-state index contributed by atoms with van der Waals surface area (Å²) in [5.41, 5.74) is 0.350. The molecule has 1 atom stereocenters. The minimum Gasteiger partial charge on any atom is -0.308 e. The van der Waals surface area contributed by atoms with E-state index in [1.807, 2.05) is 0 Å². The molecule has 0 fully saturated rings. The van der Waals surface area contributed by atoms with E-state index < -0.39 is 0 Å². The Balaban J connectivity index is 3.33. The Kier molecular flexibility index (Phi) is 4.43. The highest BCUT2D eigenvalue weighted by atomic mass is 31.1. The Morgan fingerprint density at radius 1 is 1.44 bits per heavy atom. The maximum Gasteiger partial charge on any atom is 0.0129 e. The summed E-state index contributed by atoms with van der Waals surface area (Å²) in [7, 11) is 1.02. The van der Waals surface area contributed by atoms with Gasteiger partial charge in [-0.05, 0) is 26.9 Å². The third kappa shape index (κ3) is 4.87. The van der Waals surface area contributed by atoms with Crippen molar-refractivity contribution >= 4 is 8.58 Å². The van der Waals surface area contributed by atoms with Crippen LogP contribution in [0.4, 0.5) is 0 Å². The van der Waals surface area contributed by atoms with Gasteiger partial charge in [0.2, 0.25) is 0 Å². The van der Waals surface area contributed by atoms with Crippen molar-refractivity contribution in [3.05, 3.63) is 0 Å². The molecule has 0 saturated heterocycles. The number of hydrogen-bond acceptors (Lipinski definition) is 1. The molecule has 0 aliphatic heterocycles. The molecule has 0 aromatic rings. The predicted octanol–water partition coefficient (Wildman–Crippen LogP) is 2.03. The van der Waals surface area contributed by atoms with Crippen LogP contribution >= 0.6 is 8.58 Å². The Hall–Kier alpha value is 0.390. The normalized spacial score (nSPS) is 13.3. The van der Waals surface area contributed by atoms with Crippen LogP contribution in [0.1, 0.15) is 27.2 Å². The van der Waals surface area contributed by atoms with E-state index in [0.29, 0.717) is 5.54 Å². The van der Waals surface area contributed by atoms with Gasteiger partial charge < -0.3 is 5.32 Å². The highest BCUT2D eigenvalue weighted by Crippen LogP contribution is 2.09. The molecule has 2 heteroatoms. The van der Waals surface area contributed by atoms with E-state index in [2.05, 4.69) is 32.8 Å². The average molecular weight is 147 g/mol. The maximum absolute atomic E-state index is 3.47. The van der Waals surface area contributed by atoms with E-state index >= 15 is 0 Å². The molecular formula is C7H18NP. The molecule has 0 heterocycles. The fourth-order valence-corrected chi connectivity index (χ4v) is 1.11. The van der Waals surface area contributed by atoms with Gasteiger partial charge in [0.05, 0.1) is 0 Å². The third-order valence-electron chi connectivity index (χ3n) is 1.63. The van der Waals surface area contributed by atoms with E-state index in [0.717, 1.165) is 8.58 Å². The summed E-state index contributed by atoms with van der Waals surface area (Å²) in [5.74, 6) is 0. The van der Waals surface area contributed by atoms with Gasteiger partial charge in [0.15, 0.2) is 0 Å². The van der Waals surface area contributed by atoms with Crippen LogP contribution in [0, 0.1) is 0 Å². The molecule has 1 N–H and O–H groups in total. The second-order valence-electron chi connectivity index (χ2n) is 2.94. The van der Waals surface area contributed by atoms with Crippen LogP contribution in [0.15, 0.2) is 0 Å². The third-order valence-corrected chi connectivity index (χ3v) is 2.16. The molecule has 56 valence electrons. The fraction of sp³-hybridized carbons (Fsp3) is 1.00. The molecule has 0 aromatic heterocycles. The zero-order chi connectivity index (χ0) is 7.33. The molecule has 0 spiro atoms. The van der Waals surface area contributed by atoms with Gasteiger partial charge in [-0.1, -0.05) is 6.92 Å². The summed E-state index contributed by atoms with van der Waals surface area (Å²) in [6, 6.07) is 0. The first kappa shape index (κ1) is 9.39. The Morgan fingerprint density at radius 2 is 2.00 bits per heavy atom. The first-order valence-corrected chi connectivity index (χ1v) is 5.22. The van der Waals surface area contributed by atoms with Gasteiger partial charge in [0, 0.05) is 11.8 Å². The molecule has 0 bridgehead atoms. The first-order valence-electron chi connectivity index (χ1n) is 3.52. The summed E-state index contributed by atoms with van der Waals surface area (Å²) in [4.78, 5) is 0. The molecular weight excluding hydrogens is 129 g/mol. The summed E-state index contributed by atoms with van der Waals surface area (Å²) >= 11 is 0. The molecule has 0 amide bonds. The average Bonchev–Trinajstić information content (AvgIpc) is 1.84. The monoisotopic (exact) mass is 147 g/mol. The second-order valence-corrected chi connectivity index (χ2v) is 4.01.